The number of nitrogens with one attached hydrogen (secondary N) is 1. The molecule has 37 heavy (non-hydrogen) atoms. The first-order chi connectivity index (χ1) is 18.0. The first kappa shape index (κ1) is 26.2. The molecule has 0 radical (unpaired) electrons. The Morgan fingerprint density at radius 2 is 1.73 bits per heavy atom. The summed E-state index contributed by atoms with van der Waals surface area (Å²) in [6.45, 7) is 4.54. The topological polar surface area (TPSA) is 102 Å². The minimum Gasteiger partial charge on any atom is -0.493 e. The molecule has 0 spiro atoms. The molecule has 2 heterocycles. The van der Waals surface area contributed by atoms with E-state index in [1.807, 2.05) is 12.1 Å². The Morgan fingerprint density at radius 1 is 1.03 bits per heavy atom. The molecule has 0 bridgehead atoms. The molecule has 1 aliphatic heterocycles. The Morgan fingerprint density at radius 3 is 2.38 bits per heavy atom. The van der Waals surface area contributed by atoms with Crippen LogP contribution in [-0.2, 0) is 6.42 Å². The second kappa shape index (κ2) is 12.4. The molecule has 0 unspecified atom stereocenters. The number of carbonyl (C=O) groups excluding carboxylic acids is 1. The van der Waals surface area contributed by atoms with Gasteiger partial charge in [-0.25, -0.2) is 4.39 Å². The maximum atomic E-state index is 14.0. The van der Waals surface area contributed by atoms with Gasteiger partial charge in [-0.3, -0.25) is 9.69 Å². The number of nitrogens with zero attached hydrogens (tertiary/aromatic N) is 4. The number of para-hydroxylation sites is 1. The van der Waals surface area contributed by atoms with E-state index in [2.05, 4.69) is 25.3 Å². The smallest absolute Gasteiger partial charge is 0.308 e. The molecule has 10 nitrogen and oxygen atoms in total. The van der Waals surface area contributed by atoms with Gasteiger partial charge in [-0.2, -0.15) is 0 Å². The molecule has 1 aromatic heterocycles. The van der Waals surface area contributed by atoms with E-state index in [0.29, 0.717) is 41.8 Å². The van der Waals surface area contributed by atoms with Crippen LogP contribution in [0, 0.1) is 5.82 Å². The number of aromatic nitrogens is 2. The quantitative estimate of drug-likeness (QED) is 0.388. The van der Waals surface area contributed by atoms with Gasteiger partial charge < -0.3 is 28.8 Å². The molecule has 4 rings (SSSR count). The number of piperazine rings is 1. The number of ether oxygens (including phenoxy) is 3. The average molecular weight is 514 g/mol. The monoisotopic (exact) mass is 513 g/mol. The Kier molecular flexibility index (Phi) is 8.78. The zero-order chi connectivity index (χ0) is 26.2. The summed E-state index contributed by atoms with van der Waals surface area (Å²) < 4.78 is 35.7. The third-order valence-corrected chi connectivity index (χ3v) is 6.24. The molecule has 1 saturated heterocycles. The van der Waals surface area contributed by atoms with Gasteiger partial charge in [-0.15, -0.1) is 10.2 Å². The Labute approximate surface area is 215 Å². The van der Waals surface area contributed by atoms with Crippen LogP contribution in [0.5, 0.6) is 17.2 Å². The number of benzene rings is 2. The molecule has 11 heteroatoms. The minimum absolute atomic E-state index is 0.0825. The van der Waals surface area contributed by atoms with Gasteiger partial charge in [0.2, 0.25) is 11.6 Å². The van der Waals surface area contributed by atoms with E-state index in [9.17, 15) is 9.18 Å². The van der Waals surface area contributed by atoms with E-state index < -0.39 is 5.91 Å². The second-order valence-electron chi connectivity index (χ2n) is 8.60. The average Bonchev–Trinajstić information content (AvgIpc) is 3.39. The Bertz CT molecular complexity index is 1170. The van der Waals surface area contributed by atoms with Crippen molar-refractivity contribution < 1.29 is 27.8 Å². The highest BCUT2D eigenvalue weighted by Crippen LogP contribution is 2.38. The normalized spacial score (nSPS) is 13.9. The van der Waals surface area contributed by atoms with Gasteiger partial charge >= 0.3 is 11.8 Å². The number of hydrogen-bond acceptors (Lipinski definition) is 9. The molecule has 1 fully saturated rings. The largest absolute Gasteiger partial charge is 0.493 e. The number of anilines is 1. The number of halogens is 1. The molecular formula is C26H32FN5O5. The van der Waals surface area contributed by atoms with E-state index in [1.165, 1.54) is 13.2 Å². The second-order valence-corrected chi connectivity index (χ2v) is 8.60. The van der Waals surface area contributed by atoms with Gasteiger partial charge in [0.15, 0.2) is 11.5 Å². The maximum absolute atomic E-state index is 14.0. The number of amides is 1. The predicted molar refractivity (Wildman–Crippen MR) is 135 cm³/mol. The van der Waals surface area contributed by atoms with Crippen LogP contribution >= 0.6 is 0 Å². The SMILES string of the molecule is COc1cc(Cc2nnc(C(=O)NCCCN3CCN(c4ccccc4F)CC3)o2)cc(OC)c1OC. The van der Waals surface area contributed by atoms with Crippen LogP contribution in [-0.4, -0.2) is 81.6 Å². The number of hydrogen-bond donors (Lipinski definition) is 1. The third kappa shape index (κ3) is 6.48. The van der Waals surface area contributed by atoms with Gasteiger partial charge in [0, 0.05) is 32.7 Å². The number of methoxy groups -OCH3 is 3. The molecule has 2 aromatic carbocycles. The third-order valence-electron chi connectivity index (χ3n) is 6.24. The Balaban J connectivity index is 1.21. The van der Waals surface area contributed by atoms with Crippen molar-refractivity contribution in [2.45, 2.75) is 12.8 Å². The van der Waals surface area contributed by atoms with E-state index in [4.69, 9.17) is 18.6 Å². The molecular weight excluding hydrogens is 481 g/mol. The lowest BCUT2D eigenvalue weighted by Gasteiger charge is -2.36. The van der Waals surface area contributed by atoms with Crippen molar-refractivity contribution in [3.05, 3.63) is 59.6 Å². The lowest BCUT2D eigenvalue weighted by atomic mass is 10.1. The van der Waals surface area contributed by atoms with Gasteiger partial charge in [0.05, 0.1) is 33.4 Å². The fourth-order valence-electron chi connectivity index (χ4n) is 4.33. The highest BCUT2D eigenvalue weighted by atomic mass is 19.1. The van der Waals surface area contributed by atoms with Gasteiger partial charge in [0.1, 0.15) is 5.82 Å². The molecule has 1 aliphatic rings. The summed E-state index contributed by atoms with van der Waals surface area (Å²) >= 11 is 0. The summed E-state index contributed by atoms with van der Waals surface area (Å²) in [5.41, 5.74) is 1.46. The van der Waals surface area contributed by atoms with Crippen molar-refractivity contribution >= 4 is 11.6 Å². The lowest BCUT2D eigenvalue weighted by Crippen LogP contribution is -2.47. The van der Waals surface area contributed by atoms with Crippen LogP contribution in [0.4, 0.5) is 10.1 Å². The summed E-state index contributed by atoms with van der Waals surface area (Å²) in [5.74, 6) is 1.14. The molecule has 0 aliphatic carbocycles. The van der Waals surface area contributed by atoms with Crippen LogP contribution in [0.1, 0.15) is 28.6 Å². The zero-order valence-electron chi connectivity index (χ0n) is 21.3. The van der Waals surface area contributed by atoms with Crippen molar-refractivity contribution in [2.75, 3.05) is 65.5 Å². The molecule has 1 amide bonds. The predicted octanol–water partition coefficient (Wildman–Crippen LogP) is 2.77. The molecule has 3 aromatic rings. The number of carbonyl (C=O) groups is 1. The highest BCUT2D eigenvalue weighted by molar-refractivity contribution is 5.89. The van der Waals surface area contributed by atoms with E-state index in [1.54, 1.807) is 32.4 Å². The van der Waals surface area contributed by atoms with Crippen molar-refractivity contribution in [2.24, 2.45) is 0 Å². The van der Waals surface area contributed by atoms with Crippen molar-refractivity contribution in [1.82, 2.24) is 20.4 Å². The lowest BCUT2D eigenvalue weighted by molar-refractivity contribution is 0.0915. The summed E-state index contributed by atoms with van der Waals surface area (Å²) in [6.07, 6.45) is 1.08. The van der Waals surface area contributed by atoms with Crippen LogP contribution in [0.15, 0.2) is 40.8 Å². The minimum atomic E-state index is -0.409. The molecule has 198 valence electrons. The van der Waals surface area contributed by atoms with E-state index in [0.717, 1.165) is 44.7 Å². The number of rotatable bonds is 11. The van der Waals surface area contributed by atoms with Gasteiger partial charge in [0.25, 0.3) is 0 Å². The first-order valence-corrected chi connectivity index (χ1v) is 12.1. The Hall–Kier alpha value is -3.86. The van der Waals surface area contributed by atoms with Crippen LogP contribution in [0.2, 0.25) is 0 Å². The van der Waals surface area contributed by atoms with Gasteiger partial charge in [-0.1, -0.05) is 12.1 Å². The fraction of sp³-hybridized carbons (Fsp3) is 0.423. The summed E-state index contributed by atoms with van der Waals surface area (Å²) in [4.78, 5) is 16.8. The summed E-state index contributed by atoms with van der Waals surface area (Å²) in [5, 5.41) is 10.7. The van der Waals surface area contributed by atoms with Gasteiger partial charge in [-0.05, 0) is 42.8 Å². The van der Waals surface area contributed by atoms with Crippen LogP contribution in [0.25, 0.3) is 0 Å². The zero-order valence-corrected chi connectivity index (χ0v) is 21.3. The maximum Gasteiger partial charge on any atom is 0.308 e. The van der Waals surface area contributed by atoms with Crippen molar-refractivity contribution in [3.63, 3.8) is 0 Å². The van der Waals surface area contributed by atoms with Crippen molar-refractivity contribution in [1.29, 1.82) is 0 Å². The van der Waals surface area contributed by atoms with Crippen molar-refractivity contribution in [3.8, 4) is 17.2 Å². The van der Waals surface area contributed by atoms with Crippen LogP contribution in [0.3, 0.4) is 0 Å². The fourth-order valence-corrected chi connectivity index (χ4v) is 4.33. The van der Waals surface area contributed by atoms with E-state index in [-0.39, 0.29) is 11.7 Å². The summed E-state index contributed by atoms with van der Waals surface area (Å²) in [7, 11) is 4.63. The molecule has 1 N–H and O–H groups in total. The summed E-state index contributed by atoms with van der Waals surface area (Å²) in [6, 6.07) is 10.4. The standard InChI is InChI=1S/C26H32FN5O5/c1-34-21-15-18(16-22(35-2)24(21)36-3)17-23-29-30-26(37-23)25(33)28-9-6-10-31-11-13-32(14-12-31)20-8-5-4-7-19(20)27/h4-5,7-8,15-16H,6,9-14,17H2,1-3H3,(H,28,33). The highest BCUT2D eigenvalue weighted by Gasteiger charge is 2.20. The van der Waals surface area contributed by atoms with Crippen LogP contribution < -0.4 is 24.4 Å². The first-order valence-electron chi connectivity index (χ1n) is 12.1. The molecule has 0 saturated carbocycles. The van der Waals surface area contributed by atoms with E-state index >= 15 is 0 Å². The molecule has 0 atom stereocenters.